The molecule has 0 saturated heterocycles. The lowest BCUT2D eigenvalue weighted by Gasteiger charge is -2.06. The van der Waals surface area contributed by atoms with E-state index in [1.54, 1.807) is 6.20 Å². The molecular weight excluding hydrogens is 174 g/mol. The summed E-state index contributed by atoms with van der Waals surface area (Å²) in [6, 6.07) is 0. The van der Waals surface area contributed by atoms with E-state index < -0.39 is 0 Å². The zero-order valence-electron chi connectivity index (χ0n) is 7.21. The molecule has 3 nitrogen and oxygen atoms in total. The third-order valence-corrected chi connectivity index (χ3v) is 1.48. The fourth-order valence-corrected chi connectivity index (χ4v) is 0.883. The number of anilines is 1. The third-order valence-electron chi connectivity index (χ3n) is 1.30. The Bertz CT molecular complexity index is 250. The van der Waals surface area contributed by atoms with Crippen LogP contribution in [0.25, 0.3) is 0 Å². The van der Waals surface area contributed by atoms with Gasteiger partial charge in [-0.3, -0.25) is 4.98 Å². The molecule has 0 fully saturated rings. The fraction of sp³-hybridized carbons (Fsp3) is 0.500. The van der Waals surface area contributed by atoms with Crippen molar-refractivity contribution in [3.05, 3.63) is 17.5 Å². The van der Waals surface area contributed by atoms with Crippen molar-refractivity contribution >= 4 is 17.4 Å². The predicted octanol–water partition coefficient (Wildman–Crippen LogP) is 2.20. The first-order chi connectivity index (χ1) is 5.68. The van der Waals surface area contributed by atoms with Crippen molar-refractivity contribution in [3.63, 3.8) is 0 Å². The van der Waals surface area contributed by atoms with Crippen molar-refractivity contribution < 1.29 is 0 Å². The Balaban J connectivity index is 2.52. The van der Waals surface area contributed by atoms with Crippen LogP contribution in [-0.4, -0.2) is 16.5 Å². The first-order valence-corrected chi connectivity index (χ1v) is 4.27. The number of hydrogen-bond acceptors (Lipinski definition) is 3. The summed E-state index contributed by atoms with van der Waals surface area (Å²) < 4.78 is 0. The molecule has 0 radical (unpaired) electrons. The van der Waals surface area contributed by atoms with Crippen LogP contribution in [0.2, 0.25) is 5.15 Å². The summed E-state index contributed by atoms with van der Waals surface area (Å²) in [6.45, 7) is 5.14. The minimum absolute atomic E-state index is 0.420. The van der Waals surface area contributed by atoms with Gasteiger partial charge >= 0.3 is 0 Å². The zero-order chi connectivity index (χ0) is 8.97. The Labute approximate surface area is 77.2 Å². The van der Waals surface area contributed by atoms with Crippen LogP contribution in [-0.2, 0) is 0 Å². The Hall–Kier alpha value is -0.830. The molecule has 1 aromatic rings. The maximum atomic E-state index is 5.65. The van der Waals surface area contributed by atoms with Gasteiger partial charge in [-0.25, -0.2) is 4.98 Å². The second-order valence-corrected chi connectivity index (χ2v) is 3.39. The maximum Gasteiger partial charge on any atom is 0.149 e. The van der Waals surface area contributed by atoms with Gasteiger partial charge in [-0.15, -0.1) is 0 Å². The highest BCUT2D eigenvalue weighted by Crippen LogP contribution is 2.06. The van der Waals surface area contributed by atoms with Crippen LogP contribution in [0, 0.1) is 5.92 Å². The quantitative estimate of drug-likeness (QED) is 0.785. The van der Waals surface area contributed by atoms with E-state index in [9.17, 15) is 0 Å². The normalized spacial score (nSPS) is 10.3. The van der Waals surface area contributed by atoms with Crippen molar-refractivity contribution in [2.24, 2.45) is 5.92 Å². The lowest BCUT2D eigenvalue weighted by molar-refractivity contribution is 0.686. The number of aromatic nitrogens is 2. The highest BCUT2D eigenvalue weighted by atomic mass is 35.5. The lowest BCUT2D eigenvalue weighted by Crippen LogP contribution is -2.09. The molecule has 0 aliphatic heterocycles. The van der Waals surface area contributed by atoms with Crippen molar-refractivity contribution in [1.82, 2.24) is 9.97 Å². The molecule has 0 aromatic carbocycles. The molecule has 0 spiro atoms. The average Bonchev–Trinajstić information content (AvgIpc) is 2.01. The van der Waals surface area contributed by atoms with Gasteiger partial charge in [-0.05, 0) is 5.92 Å². The minimum atomic E-state index is 0.420. The minimum Gasteiger partial charge on any atom is -0.368 e. The molecule has 0 aliphatic rings. The molecule has 0 bridgehead atoms. The number of nitrogens with one attached hydrogen (secondary N) is 1. The van der Waals surface area contributed by atoms with E-state index in [1.807, 2.05) is 0 Å². The highest BCUT2D eigenvalue weighted by molar-refractivity contribution is 6.29. The Morgan fingerprint density at radius 3 is 2.83 bits per heavy atom. The Morgan fingerprint density at radius 1 is 1.50 bits per heavy atom. The molecule has 1 N–H and O–H groups in total. The molecule has 0 atom stereocenters. The molecule has 66 valence electrons. The van der Waals surface area contributed by atoms with Crippen molar-refractivity contribution in [1.29, 1.82) is 0 Å². The van der Waals surface area contributed by atoms with E-state index in [0.717, 1.165) is 12.4 Å². The van der Waals surface area contributed by atoms with E-state index in [2.05, 4.69) is 29.1 Å². The molecule has 0 amide bonds. The van der Waals surface area contributed by atoms with Crippen molar-refractivity contribution in [2.45, 2.75) is 13.8 Å². The molecule has 0 saturated carbocycles. The van der Waals surface area contributed by atoms with Gasteiger partial charge < -0.3 is 5.32 Å². The van der Waals surface area contributed by atoms with E-state index >= 15 is 0 Å². The largest absolute Gasteiger partial charge is 0.368 e. The number of halogens is 1. The standard InChI is InChI=1S/C8H12ClN3/c1-6(2)3-11-8-5-10-4-7(9)12-8/h4-6H,3H2,1-2H3,(H,11,12). The van der Waals surface area contributed by atoms with Gasteiger partial charge in [0.25, 0.3) is 0 Å². The average molecular weight is 186 g/mol. The van der Waals surface area contributed by atoms with Crippen LogP contribution >= 0.6 is 11.6 Å². The maximum absolute atomic E-state index is 5.65. The lowest BCUT2D eigenvalue weighted by atomic mass is 10.2. The molecule has 12 heavy (non-hydrogen) atoms. The summed E-state index contributed by atoms with van der Waals surface area (Å²) in [7, 11) is 0. The summed E-state index contributed by atoms with van der Waals surface area (Å²) in [5, 5.41) is 3.55. The number of rotatable bonds is 3. The summed E-state index contributed by atoms with van der Waals surface area (Å²) in [5.74, 6) is 1.32. The van der Waals surface area contributed by atoms with Crippen LogP contribution in [0.4, 0.5) is 5.82 Å². The summed E-state index contributed by atoms with van der Waals surface area (Å²) in [4.78, 5) is 7.94. The number of hydrogen-bond donors (Lipinski definition) is 1. The molecular formula is C8H12ClN3. The Morgan fingerprint density at radius 2 is 2.25 bits per heavy atom. The van der Waals surface area contributed by atoms with Gasteiger partial charge in [0.15, 0.2) is 0 Å². The first kappa shape index (κ1) is 9.26. The molecule has 4 heteroatoms. The van der Waals surface area contributed by atoms with Gasteiger partial charge in [-0.1, -0.05) is 25.4 Å². The highest BCUT2D eigenvalue weighted by Gasteiger charge is 1.96. The van der Waals surface area contributed by atoms with E-state index in [1.165, 1.54) is 6.20 Å². The van der Waals surface area contributed by atoms with Gasteiger partial charge in [0.05, 0.1) is 12.4 Å². The van der Waals surface area contributed by atoms with E-state index in [0.29, 0.717) is 11.1 Å². The fourth-order valence-electron chi connectivity index (χ4n) is 0.736. The van der Waals surface area contributed by atoms with Gasteiger partial charge in [0, 0.05) is 6.54 Å². The molecule has 1 heterocycles. The second kappa shape index (κ2) is 4.26. The smallest absolute Gasteiger partial charge is 0.149 e. The van der Waals surface area contributed by atoms with E-state index in [4.69, 9.17) is 11.6 Å². The van der Waals surface area contributed by atoms with Crippen LogP contribution in [0.15, 0.2) is 12.4 Å². The van der Waals surface area contributed by atoms with Crippen molar-refractivity contribution in [2.75, 3.05) is 11.9 Å². The topological polar surface area (TPSA) is 37.8 Å². The molecule has 0 unspecified atom stereocenters. The van der Waals surface area contributed by atoms with Gasteiger partial charge in [0.1, 0.15) is 11.0 Å². The van der Waals surface area contributed by atoms with Crippen LogP contribution in [0.1, 0.15) is 13.8 Å². The second-order valence-electron chi connectivity index (χ2n) is 3.00. The van der Waals surface area contributed by atoms with Crippen molar-refractivity contribution in [3.8, 4) is 0 Å². The third kappa shape index (κ3) is 3.05. The summed E-state index contributed by atoms with van der Waals surface area (Å²) >= 11 is 5.65. The summed E-state index contributed by atoms with van der Waals surface area (Å²) in [5.41, 5.74) is 0. The van der Waals surface area contributed by atoms with Crippen LogP contribution < -0.4 is 5.32 Å². The molecule has 0 aliphatic carbocycles. The van der Waals surface area contributed by atoms with E-state index in [-0.39, 0.29) is 0 Å². The number of nitrogens with zero attached hydrogens (tertiary/aromatic N) is 2. The first-order valence-electron chi connectivity index (χ1n) is 3.90. The predicted molar refractivity (Wildman–Crippen MR) is 50.4 cm³/mol. The SMILES string of the molecule is CC(C)CNc1cncc(Cl)n1. The summed E-state index contributed by atoms with van der Waals surface area (Å²) in [6.07, 6.45) is 3.18. The van der Waals surface area contributed by atoms with Crippen LogP contribution in [0.3, 0.4) is 0 Å². The zero-order valence-corrected chi connectivity index (χ0v) is 7.97. The van der Waals surface area contributed by atoms with Gasteiger partial charge in [0.2, 0.25) is 0 Å². The Kier molecular flexibility index (Phi) is 3.29. The van der Waals surface area contributed by atoms with Crippen LogP contribution in [0.5, 0.6) is 0 Å². The molecule has 1 rings (SSSR count). The molecule has 1 aromatic heterocycles. The van der Waals surface area contributed by atoms with Gasteiger partial charge in [-0.2, -0.15) is 0 Å². The monoisotopic (exact) mass is 185 g/mol.